The van der Waals surface area contributed by atoms with E-state index in [4.69, 9.17) is 5.11 Å². The zero-order valence-electron chi connectivity index (χ0n) is 12.0. The number of aliphatic carboxylic acids is 1. The molecule has 1 aromatic heterocycles. The summed E-state index contributed by atoms with van der Waals surface area (Å²) in [6, 6.07) is -0.463. The number of halogens is 2. The molecular formula is C13H20F2N4O2. The number of alkyl halides is 2. The second kappa shape index (κ2) is 6.95. The van der Waals surface area contributed by atoms with E-state index < -0.39 is 18.6 Å². The first kappa shape index (κ1) is 15.8. The van der Waals surface area contributed by atoms with Gasteiger partial charge in [0, 0.05) is 38.6 Å². The van der Waals surface area contributed by atoms with Crippen LogP contribution in [0.2, 0.25) is 0 Å². The molecule has 2 rings (SSSR count). The second-order valence-corrected chi connectivity index (χ2v) is 5.10. The van der Waals surface area contributed by atoms with Crippen LogP contribution in [-0.4, -0.2) is 62.6 Å². The van der Waals surface area contributed by atoms with Crippen LogP contribution in [0.3, 0.4) is 0 Å². The highest BCUT2D eigenvalue weighted by Crippen LogP contribution is 2.16. The molecule has 8 heteroatoms. The summed E-state index contributed by atoms with van der Waals surface area (Å²) in [4.78, 5) is 19.0. The van der Waals surface area contributed by atoms with Gasteiger partial charge in [0.15, 0.2) is 0 Å². The van der Waals surface area contributed by atoms with E-state index in [1.165, 1.54) is 12.4 Å². The number of nitrogens with zero attached hydrogens (tertiary/aromatic N) is 4. The third kappa shape index (κ3) is 3.76. The maximum atomic E-state index is 12.7. The van der Waals surface area contributed by atoms with Gasteiger partial charge in [-0.2, -0.15) is 8.78 Å². The minimum atomic E-state index is -2.58. The Morgan fingerprint density at radius 2 is 2.05 bits per heavy atom. The van der Waals surface area contributed by atoms with Crippen molar-refractivity contribution >= 4 is 5.97 Å². The molecule has 0 aromatic carbocycles. The summed E-state index contributed by atoms with van der Waals surface area (Å²) < 4.78 is 26.4. The van der Waals surface area contributed by atoms with Crippen LogP contribution in [0.25, 0.3) is 0 Å². The molecule has 1 N–H and O–H groups in total. The maximum Gasteiger partial charge on any atom is 0.320 e. The molecule has 1 atom stereocenters. The van der Waals surface area contributed by atoms with Crippen LogP contribution < -0.4 is 0 Å². The minimum Gasteiger partial charge on any atom is -0.480 e. The molecule has 21 heavy (non-hydrogen) atoms. The molecule has 1 aliphatic heterocycles. The van der Waals surface area contributed by atoms with Crippen molar-refractivity contribution in [3.63, 3.8) is 0 Å². The summed E-state index contributed by atoms with van der Waals surface area (Å²) in [5, 5.41) is 9.14. The van der Waals surface area contributed by atoms with Crippen molar-refractivity contribution < 1.29 is 18.7 Å². The summed E-state index contributed by atoms with van der Waals surface area (Å²) in [7, 11) is 0. The van der Waals surface area contributed by atoms with E-state index in [9.17, 15) is 13.6 Å². The van der Waals surface area contributed by atoms with Crippen LogP contribution in [0.5, 0.6) is 0 Å². The lowest BCUT2D eigenvalue weighted by molar-refractivity contribution is -0.144. The van der Waals surface area contributed by atoms with Gasteiger partial charge in [-0.3, -0.25) is 19.2 Å². The monoisotopic (exact) mass is 302 g/mol. The zero-order valence-corrected chi connectivity index (χ0v) is 12.0. The highest BCUT2D eigenvalue weighted by Gasteiger charge is 2.27. The molecular weight excluding hydrogens is 282 g/mol. The number of hydrogen-bond donors (Lipinski definition) is 1. The number of carboxylic acid groups (broad SMARTS) is 1. The summed E-state index contributed by atoms with van der Waals surface area (Å²) in [5.41, 5.74) is 0. The molecule has 0 spiro atoms. The first-order valence-corrected chi connectivity index (χ1v) is 7.02. The van der Waals surface area contributed by atoms with Crippen molar-refractivity contribution in [2.75, 3.05) is 26.2 Å². The first-order valence-electron chi connectivity index (χ1n) is 7.02. The molecule has 0 aliphatic carbocycles. The predicted molar refractivity (Wildman–Crippen MR) is 72.0 cm³/mol. The van der Waals surface area contributed by atoms with Gasteiger partial charge in [-0.05, 0) is 6.42 Å². The maximum absolute atomic E-state index is 12.7. The number of hydrogen-bond acceptors (Lipinski definition) is 4. The molecule has 1 aromatic rings. The lowest BCUT2D eigenvalue weighted by atomic mass is 10.1. The second-order valence-electron chi connectivity index (χ2n) is 5.10. The normalized spacial score (nSPS) is 19.0. The van der Waals surface area contributed by atoms with Crippen molar-refractivity contribution in [1.29, 1.82) is 0 Å². The quantitative estimate of drug-likeness (QED) is 0.857. The number of rotatable bonds is 6. The van der Waals surface area contributed by atoms with E-state index in [0.717, 1.165) is 4.57 Å². The largest absolute Gasteiger partial charge is 0.480 e. The van der Waals surface area contributed by atoms with E-state index in [1.54, 1.807) is 0 Å². The molecule has 0 bridgehead atoms. The highest BCUT2D eigenvalue weighted by atomic mass is 19.3. The van der Waals surface area contributed by atoms with Gasteiger partial charge in [0.1, 0.15) is 11.9 Å². The lowest BCUT2D eigenvalue weighted by Gasteiger charge is -2.37. The van der Waals surface area contributed by atoms with Gasteiger partial charge in [-0.15, -0.1) is 0 Å². The smallest absolute Gasteiger partial charge is 0.320 e. The molecule has 1 aliphatic rings. The van der Waals surface area contributed by atoms with E-state index in [0.29, 0.717) is 45.0 Å². The number of carboxylic acids is 1. The van der Waals surface area contributed by atoms with Crippen LogP contribution in [0.15, 0.2) is 12.4 Å². The molecule has 0 amide bonds. The van der Waals surface area contributed by atoms with Crippen LogP contribution in [-0.2, 0) is 11.3 Å². The van der Waals surface area contributed by atoms with Crippen LogP contribution in [0.1, 0.15) is 25.7 Å². The van der Waals surface area contributed by atoms with E-state index in [-0.39, 0.29) is 0 Å². The van der Waals surface area contributed by atoms with Gasteiger partial charge in [0.2, 0.25) is 0 Å². The van der Waals surface area contributed by atoms with Crippen molar-refractivity contribution in [3.05, 3.63) is 18.2 Å². The zero-order chi connectivity index (χ0) is 15.4. The Hall–Kier alpha value is -1.54. The van der Waals surface area contributed by atoms with Crippen LogP contribution >= 0.6 is 0 Å². The number of imidazole rings is 1. The highest BCUT2D eigenvalue weighted by molar-refractivity contribution is 5.73. The molecule has 6 nitrogen and oxygen atoms in total. The van der Waals surface area contributed by atoms with E-state index in [2.05, 4.69) is 4.98 Å². The first-order chi connectivity index (χ1) is 10.0. The number of aromatic nitrogens is 2. The third-order valence-corrected chi connectivity index (χ3v) is 3.84. The molecule has 0 unspecified atom stereocenters. The average Bonchev–Trinajstić information content (AvgIpc) is 2.89. The average molecular weight is 302 g/mol. The van der Waals surface area contributed by atoms with E-state index in [1.807, 2.05) is 16.7 Å². The fourth-order valence-corrected chi connectivity index (χ4v) is 2.67. The Morgan fingerprint density at radius 3 is 2.57 bits per heavy atom. The number of piperazine rings is 1. The van der Waals surface area contributed by atoms with E-state index >= 15 is 0 Å². The third-order valence-electron chi connectivity index (χ3n) is 3.84. The molecule has 2 heterocycles. The number of carbonyl (C=O) groups is 1. The topological polar surface area (TPSA) is 61.6 Å². The summed E-state index contributed by atoms with van der Waals surface area (Å²) in [5.74, 6) is -0.470. The molecule has 0 radical (unpaired) electrons. The summed E-state index contributed by atoms with van der Waals surface area (Å²) >= 11 is 0. The Labute approximate surface area is 122 Å². The predicted octanol–water partition coefficient (Wildman–Crippen LogP) is 1.26. The fraction of sp³-hybridized carbons (Fsp3) is 0.692. The van der Waals surface area contributed by atoms with Crippen LogP contribution in [0, 0.1) is 0 Å². The fourth-order valence-electron chi connectivity index (χ4n) is 2.67. The Balaban J connectivity index is 1.89. The van der Waals surface area contributed by atoms with Crippen molar-refractivity contribution in [3.8, 4) is 0 Å². The Bertz CT molecular complexity index is 472. The van der Waals surface area contributed by atoms with Gasteiger partial charge in [0.05, 0.1) is 6.54 Å². The SMILES string of the molecule is CC[C@H](C(=O)O)N1CCN(Cc2nccn2C(F)F)CC1. The standard InChI is InChI=1S/C13H20F2N4O2/c1-2-10(12(20)21)18-7-5-17(6-8-18)9-11-16-3-4-19(11)13(14)15/h3-4,10,13H,2,5-9H2,1H3,(H,20,21)/t10-/m1/s1. The minimum absolute atomic E-state index is 0.337. The van der Waals surface area contributed by atoms with Crippen molar-refractivity contribution in [2.24, 2.45) is 0 Å². The summed E-state index contributed by atoms with van der Waals surface area (Å²) in [6.45, 7) is 2.18. The van der Waals surface area contributed by atoms with Crippen molar-refractivity contribution in [1.82, 2.24) is 19.4 Å². The Morgan fingerprint density at radius 1 is 1.38 bits per heavy atom. The molecule has 1 saturated heterocycles. The Kier molecular flexibility index (Phi) is 5.24. The van der Waals surface area contributed by atoms with Crippen molar-refractivity contribution in [2.45, 2.75) is 32.5 Å². The van der Waals surface area contributed by atoms with Gasteiger partial charge >= 0.3 is 12.5 Å². The van der Waals surface area contributed by atoms with Gasteiger partial charge < -0.3 is 5.11 Å². The van der Waals surface area contributed by atoms with Crippen LogP contribution in [0.4, 0.5) is 8.78 Å². The summed E-state index contributed by atoms with van der Waals surface area (Å²) in [6.07, 6.45) is 3.20. The molecule has 0 saturated carbocycles. The van der Waals surface area contributed by atoms with Gasteiger partial charge in [-0.25, -0.2) is 4.98 Å². The molecule has 118 valence electrons. The van der Waals surface area contributed by atoms with Gasteiger partial charge in [0.25, 0.3) is 0 Å². The lowest BCUT2D eigenvalue weighted by Crippen LogP contribution is -2.52. The van der Waals surface area contributed by atoms with Gasteiger partial charge in [-0.1, -0.05) is 6.92 Å². The molecule has 1 fully saturated rings.